The summed E-state index contributed by atoms with van der Waals surface area (Å²) in [5.74, 6) is 5.08. The van der Waals surface area contributed by atoms with Crippen molar-refractivity contribution in [3.63, 3.8) is 0 Å². The smallest absolute Gasteiger partial charge is 0.241 e. The van der Waals surface area contributed by atoms with Crippen LogP contribution >= 0.6 is 12.2 Å². The summed E-state index contributed by atoms with van der Waals surface area (Å²) < 4.78 is 0. The van der Waals surface area contributed by atoms with Gasteiger partial charge >= 0.3 is 0 Å². The zero-order valence-corrected chi connectivity index (χ0v) is 9.56. The Labute approximate surface area is 94.5 Å². The Hall–Kier alpha value is -0.920. The van der Waals surface area contributed by atoms with Gasteiger partial charge < -0.3 is 4.90 Å². The van der Waals surface area contributed by atoms with Gasteiger partial charge in [-0.1, -0.05) is 0 Å². The number of hydrogen-bond donors (Lipinski definition) is 4. The number of nitrogens with one attached hydrogen (secondary N) is 3. The van der Waals surface area contributed by atoms with Crippen LogP contribution in [0.25, 0.3) is 0 Å². The number of carbonyl (C=O) groups is 1. The zero-order valence-electron chi connectivity index (χ0n) is 8.75. The van der Waals surface area contributed by atoms with E-state index in [1.54, 1.807) is 0 Å². The predicted octanol–water partition coefficient (Wildman–Crippen LogP) is -1.30. The lowest BCUT2D eigenvalue weighted by Gasteiger charge is -2.28. The second-order valence-electron chi connectivity index (χ2n) is 3.67. The Balaban J connectivity index is 2.25. The molecule has 1 heterocycles. The number of amides is 1. The lowest BCUT2D eigenvalue weighted by molar-refractivity contribution is -0.126. The third-order valence-corrected chi connectivity index (χ3v) is 2.74. The molecule has 1 rings (SSSR count). The van der Waals surface area contributed by atoms with Gasteiger partial charge in [-0.05, 0) is 45.2 Å². The number of thiocarbonyl (C=S) groups is 1. The van der Waals surface area contributed by atoms with E-state index in [0.29, 0.717) is 0 Å². The van der Waals surface area contributed by atoms with E-state index in [9.17, 15) is 4.79 Å². The van der Waals surface area contributed by atoms with Gasteiger partial charge in [0.05, 0.1) is 0 Å². The third kappa shape index (κ3) is 3.98. The monoisotopic (exact) mass is 231 g/mol. The first-order chi connectivity index (χ1) is 7.13. The summed E-state index contributed by atoms with van der Waals surface area (Å²) in [5, 5.41) is 0.205. The first kappa shape index (κ1) is 12.2. The van der Waals surface area contributed by atoms with E-state index in [4.69, 9.17) is 18.1 Å². The maximum atomic E-state index is 11.6. The van der Waals surface area contributed by atoms with Crippen molar-refractivity contribution in [2.24, 2.45) is 11.8 Å². The molecule has 0 unspecified atom stereocenters. The molecule has 0 spiro atoms. The van der Waals surface area contributed by atoms with Gasteiger partial charge in [0.1, 0.15) is 0 Å². The van der Waals surface area contributed by atoms with E-state index >= 15 is 0 Å². The highest BCUT2D eigenvalue weighted by Gasteiger charge is 2.23. The Morgan fingerprint density at radius 2 is 2.00 bits per heavy atom. The summed E-state index contributed by atoms with van der Waals surface area (Å²) in [4.78, 5) is 13.8. The van der Waals surface area contributed by atoms with Crippen LogP contribution in [-0.4, -0.2) is 36.1 Å². The fraction of sp³-hybridized carbons (Fsp3) is 0.750. The van der Waals surface area contributed by atoms with Crippen LogP contribution in [0.4, 0.5) is 0 Å². The molecule has 5 N–H and O–H groups in total. The fourth-order valence-electron chi connectivity index (χ4n) is 1.53. The van der Waals surface area contributed by atoms with Crippen LogP contribution in [0.1, 0.15) is 12.8 Å². The highest BCUT2D eigenvalue weighted by atomic mass is 32.1. The largest absolute Gasteiger partial charge is 0.306 e. The predicted molar refractivity (Wildman–Crippen MR) is 61.4 cm³/mol. The first-order valence-corrected chi connectivity index (χ1v) is 5.29. The number of hydrogen-bond acceptors (Lipinski definition) is 4. The maximum Gasteiger partial charge on any atom is 0.241 e. The van der Waals surface area contributed by atoms with Gasteiger partial charge in [-0.3, -0.25) is 21.1 Å². The van der Waals surface area contributed by atoms with Crippen molar-refractivity contribution >= 4 is 23.2 Å². The zero-order chi connectivity index (χ0) is 11.3. The van der Waals surface area contributed by atoms with Crippen LogP contribution in [0.5, 0.6) is 0 Å². The third-order valence-electron chi connectivity index (χ3n) is 2.52. The van der Waals surface area contributed by atoms with Gasteiger partial charge in [0.2, 0.25) is 5.91 Å². The molecule has 0 aliphatic carbocycles. The van der Waals surface area contributed by atoms with Crippen LogP contribution in [0.3, 0.4) is 0 Å². The van der Waals surface area contributed by atoms with E-state index in [1.165, 1.54) is 0 Å². The second-order valence-corrected chi connectivity index (χ2v) is 4.07. The molecule has 7 heteroatoms. The van der Waals surface area contributed by atoms with E-state index < -0.39 is 0 Å². The molecule has 0 bridgehead atoms. The Kier molecular flexibility index (Phi) is 4.73. The molecule has 15 heavy (non-hydrogen) atoms. The Bertz CT molecular complexity index is 239. The number of rotatable bonds is 1. The molecule has 86 valence electrons. The van der Waals surface area contributed by atoms with Crippen molar-refractivity contribution in [1.82, 2.24) is 21.2 Å². The van der Waals surface area contributed by atoms with Crippen molar-refractivity contribution in [2.45, 2.75) is 12.8 Å². The molecule has 6 nitrogen and oxygen atoms in total. The fourth-order valence-corrected chi connectivity index (χ4v) is 1.58. The number of likely N-dealkylation sites (tertiary alicyclic amines) is 1. The highest BCUT2D eigenvalue weighted by Crippen LogP contribution is 2.15. The van der Waals surface area contributed by atoms with Gasteiger partial charge in [-0.25, -0.2) is 5.84 Å². The topological polar surface area (TPSA) is 82.4 Å². The number of carbonyl (C=O) groups excluding carboxylic acids is 1. The van der Waals surface area contributed by atoms with Crippen molar-refractivity contribution in [3.8, 4) is 0 Å². The first-order valence-electron chi connectivity index (χ1n) is 4.88. The molecule has 0 aromatic heterocycles. The van der Waals surface area contributed by atoms with Crippen LogP contribution < -0.4 is 22.1 Å². The van der Waals surface area contributed by atoms with Crippen LogP contribution in [0.2, 0.25) is 0 Å². The lowest BCUT2D eigenvalue weighted by atomic mass is 9.97. The van der Waals surface area contributed by atoms with Crippen molar-refractivity contribution in [2.75, 3.05) is 20.1 Å². The average molecular weight is 231 g/mol. The van der Waals surface area contributed by atoms with Crippen molar-refractivity contribution < 1.29 is 4.79 Å². The molecule has 0 aromatic carbocycles. The molecule has 1 fully saturated rings. The van der Waals surface area contributed by atoms with Gasteiger partial charge in [-0.15, -0.1) is 0 Å². The number of piperidine rings is 1. The van der Waals surface area contributed by atoms with Gasteiger partial charge in [-0.2, -0.15) is 0 Å². The second kappa shape index (κ2) is 5.84. The van der Waals surface area contributed by atoms with Gasteiger partial charge in [0.15, 0.2) is 5.11 Å². The SMILES string of the molecule is CN1CCC(C(=O)NNC(=S)NN)CC1. The summed E-state index contributed by atoms with van der Waals surface area (Å²) in [7, 11) is 2.06. The molecule has 1 amide bonds. The molecule has 1 aliphatic rings. The quantitative estimate of drug-likeness (QED) is 0.255. The summed E-state index contributed by atoms with van der Waals surface area (Å²) in [6.45, 7) is 1.91. The molecule has 1 aliphatic heterocycles. The van der Waals surface area contributed by atoms with Crippen LogP contribution in [-0.2, 0) is 4.79 Å². The van der Waals surface area contributed by atoms with E-state index in [-0.39, 0.29) is 16.9 Å². The summed E-state index contributed by atoms with van der Waals surface area (Å²) in [6, 6.07) is 0. The molecule has 0 aromatic rings. The van der Waals surface area contributed by atoms with E-state index in [2.05, 4.69) is 28.2 Å². The summed E-state index contributed by atoms with van der Waals surface area (Å²) >= 11 is 4.72. The summed E-state index contributed by atoms with van der Waals surface area (Å²) in [5.41, 5.74) is 7.28. The molecule has 0 radical (unpaired) electrons. The van der Waals surface area contributed by atoms with Gasteiger partial charge in [0, 0.05) is 5.92 Å². The standard InChI is InChI=1S/C8H17N5OS/c1-13-4-2-6(3-5-13)7(14)11-12-8(15)10-9/h6H,2-5,9H2,1H3,(H,11,14)(H2,10,12,15). The minimum Gasteiger partial charge on any atom is -0.306 e. The molecule has 0 saturated carbocycles. The average Bonchev–Trinajstić information content (AvgIpc) is 2.26. The normalized spacial score (nSPS) is 18.3. The van der Waals surface area contributed by atoms with Crippen molar-refractivity contribution in [1.29, 1.82) is 0 Å². The van der Waals surface area contributed by atoms with E-state index in [0.717, 1.165) is 25.9 Å². The van der Waals surface area contributed by atoms with Crippen molar-refractivity contribution in [3.05, 3.63) is 0 Å². The number of nitrogens with two attached hydrogens (primary N) is 1. The van der Waals surface area contributed by atoms with E-state index in [1.807, 2.05) is 0 Å². The molecule has 1 saturated heterocycles. The van der Waals surface area contributed by atoms with Crippen LogP contribution in [0, 0.1) is 5.92 Å². The molecular formula is C8H17N5OS. The van der Waals surface area contributed by atoms with Gasteiger partial charge in [0.25, 0.3) is 0 Å². The van der Waals surface area contributed by atoms with Crippen LogP contribution in [0.15, 0.2) is 0 Å². The maximum absolute atomic E-state index is 11.6. The summed E-state index contributed by atoms with van der Waals surface area (Å²) in [6.07, 6.45) is 1.76. The Morgan fingerprint density at radius 3 is 2.53 bits per heavy atom. The lowest BCUT2D eigenvalue weighted by Crippen LogP contribution is -2.51. The number of hydrazine groups is 2. The highest BCUT2D eigenvalue weighted by molar-refractivity contribution is 7.80. The minimum absolute atomic E-state index is 0.0271. The number of nitrogens with zero attached hydrogens (tertiary/aromatic N) is 1. The molecular weight excluding hydrogens is 214 g/mol. The minimum atomic E-state index is -0.0271. The molecule has 0 atom stereocenters. The Morgan fingerprint density at radius 1 is 1.40 bits per heavy atom.